The van der Waals surface area contributed by atoms with Gasteiger partial charge in [0.2, 0.25) is 0 Å². The van der Waals surface area contributed by atoms with Crippen LogP contribution in [0.5, 0.6) is 23.5 Å². The third kappa shape index (κ3) is 8.61. The molecule has 0 saturated heterocycles. The van der Waals surface area contributed by atoms with Crippen LogP contribution in [0.3, 0.4) is 0 Å². The van der Waals surface area contributed by atoms with Gasteiger partial charge in [0.15, 0.2) is 0 Å². The highest BCUT2D eigenvalue weighted by molar-refractivity contribution is 6.32. The van der Waals surface area contributed by atoms with Crippen LogP contribution in [-0.4, -0.2) is 59.3 Å². The van der Waals surface area contributed by atoms with E-state index in [9.17, 15) is 9.59 Å². The number of carbonyl (C=O) groups is 2. The summed E-state index contributed by atoms with van der Waals surface area (Å²) >= 11 is 12.5. The SMILES string of the molecule is CCOC(=O)c1cnc(Oc2ncc(C(=O)OCC)c(NCc3ccc(OC)c(Cl)c3)n2)nc1NCc1ccc(OC)c(Cl)c1. The summed E-state index contributed by atoms with van der Waals surface area (Å²) in [7, 11) is 3.05. The highest BCUT2D eigenvalue weighted by Crippen LogP contribution is 2.28. The zero-order valence-corrected chi connectivity index (χ0v) is 26.4. The molecule has 13 nitrogen and oxygen atoms in total. The van der Waals surface area contributed by atoms with Crippen LogP contribution in [0.2, 0.25) is 10.0 Å². The molecule has 0 bridgehead atoms. The van der Waals surface area contributed by atoms with Crippen molar-refractivity contribution in [3.8, 4) is 23.5 Å². The monoisotopic (exact) mass is 656 g/mol. The summed E-state index contributed by atoms with van der Waals surface area (Å²) in [6, 6.07) is 10.2. The van der Waals surface area contributed by atoms with Gasteiger partial charge in [0.25, 0.3) is 0 Å². The van der Waals surface area contributed by atoms with Crippen molar-refractivity contribution < 1.29 is 33.3 Å². The molecule has 0 fully saturated rings. The Morgan fingerprint density at radius 1 is 0.711 bits per heavy atom. The number of nitrogens with zero attached hydrogens (tertiary/aromatic N) is 4. The minimum absolute atomic E-state index is 0.0860. The predicted octanol–water partition coefficient (Wildman–Crippen LogP) is 5.96. The summed E-state index contributed by atoms with van der Waals surface area (Å²) in [4.78, 5) is 42.2. The van der Waals surface area contributed by atoms with Crippen LogP contribution in [-0.2, 0) is 22.6 Å². The number of methoxy groups -OCH3 is 2. The van der Waals surface area contributed by atoms with Gasteiger partial charge in [-0.3, -0.25) is 0 Å². The van der Waals surface area contributed by atoms with Gasteiger partial charge in [-0.1, -0.05) is 35.3 Å². The summed E-state index contributed by atoms with van der Waals surface area (Å²) in [5.74, 6) is 0.0902. The summed E-state index contributed by atoms with van der Waals surface area (Å²) in [5.41, 5.74) is 1.76. The van der Waals surface area contributed by atoms with E-state index in [2.05, 4.69) is 30.6 Å². The molecule has 2 N–H and O–H groups in total. The first kappa shape index (κ1) is 33.0. The van der Waals surface area contributed by atoms with Crippen LogP contribution in [0.25, 0.3) is 0 Å². The molecule has 236 valence electrons. The van der Waals surface area contributed by atoms with Gasteiger partial charge in [-0.25, -0.2) is 19.6 Å². The standard InChI is InChI=1S/C30H30Cl2N6O7/c1-5-43-27(39)19-15-35-29(37-25(19)33-13-17-7-9-23(41-3)21(31)11-17)45-30-36-16-20(28(40)44-6-2)26(38-30)34-14-18-8-10-24(42-4)22(32)12-18/h7-12,15-16H,5-6,13-14H2,1-4H3,(H,33,35,37)(H,34,36,38). The normalized spacial score (nSPS) is 10.5. The van der Waals surface area contributed by atoms with E-state index in [0.717, 1.165) is 11.1 Å². The Bertz CT molecular complexity index is 1550. The zero-order chi connectivity index (χ0) is 32.3. The summed E-state index contributed by atoms with van der Waals surface area (Å²) in [6.45, 7) is 4.19. The number of aromatic nitrogens is 4. The Morgan fingerprint density at radius 3 is 1.49 bits per heavy atom. The highest BCUT2D eigenvalue weighted by atomic mass is 35.5. The molecule has 0 aliphatic carbocycles. The first-order valence-corrected chi connectivity index (χ1v) is 14.4. The molecule has 0 aliphatic rings. The second-order valence-electron chi connectivity index (χ2n) is 9.02. The van der Waals surface area contributed by atoms with E-state index in [1.165, 1.54) is 26.6 Å². The predicted molar refractivity (Wildman–Crippen MR) is 167 cm³/mol. The van der Waals surface area contributed by atoms with E-state index in [-0.39, 0.29) is 61.1 Å². The van der Waals surface area contributed by atoms with Crippen molar-refractivity contribution in [3.63, 3.8) is 0 Å². The maximum atomic E-state index is 12.6. The fourth-order valence-corrected chi connectivity index (χ4v) is 4.47. The largest absolute Gasteiger partial charge is 0.495 e. The Balaban J connectivity index is 1.59. The number of anilines is 2. The Hall–Kier alpha value is -4.88. The molecular formula is C30H30Cl2N6O7. The summed E-state index contributed by atoms with van der Waals surface area (Å²) in [6.07, 6.45) is 2.53. The number of esters is 2. The van der Waals surface area contributed by atoms with Gasteiger partial charge in [0, 0.05) is 13.1 Å². The van der Waals surface area contributed by atoms with E-state index in [1.807, 2.05) is 12.1 Å². The lowest BCUT2D eigenvalue weighted by molar-refractivity contribution is 0.0517. The third-order valence-electron chi connectivity index (χ3n) is 6.06. The van der Waals surface area contributed by atoms with Gasteiger partial charge < -0.3 is 34.3 Å². The molecule has 0 saturated carbocycles. The van der Waals surface area contributed by atoms with Crippen molar-refractivity contribution in [2.24, 2.45) is 0 Å². The number of benzene rings is 2. The number of ether oxygens (including phenoxy) is 5. The summed E-state index contributed by atoms with van der Waals surface area (Å²) in [5, 5.41) is 7.05. The second kappa shape index (κ2) is 15.7. The average molecular weight is 658 g/mol. The van der Waals surface area contributed by atoms with Crippen molar-refractivity contribution in [1.29, 1.82) is 0 Å². The molecule has 2 aromatic carbocycles. The highest BCUT2D eigenvalue weighted by Gasteiger charge is 2.20. The first-order valence-electron chi connectivity index (χ1n) is 13.6. The third-order valence-corrected chi connectivity index (χ3v) is 6.65. The van der Waals surface area contributed by atoms with Gasteiger partial charge in [-0.15, -0.1) is 0 Å². The molecule has 2 heterocycles. The maximum Gasteiger partial charge on any atom is 0.343 e. The minimum atomic E-state index is -0.625. The fourth-order valence-electron chi connectivity index (χ4n) is 3.91. The van der Waals surface area contributed by atoms with Gasteiger partial charge in [0.1, 0.15) is 34.3 Å². The number of carbonyl (C=O) groups excluding carboxylic acids is 2. The van der Waals surface area contributed by atoms with Crippen LogP contribution >= 0.6 is 23.2 Å². The van der Waals surface area contributed by atoms with E-state index in [1.54, 1.807) is 38.1 Å². The molecule has 0 atom stereocenters. The molecule has 45 heavy (non-hydrogen) atoms. The number of rotatable bonds is 14. The molecule has 0 radical (unpaired) electrons. The van der Waals surface area contributed by atoms with Crippen molar-refractivity contribution in [2.45, 2.75) is 26.9 Å². The molecule has 0 spiro atoms. The van der Waals surface area contributed by atoms with E-state index in [0.29, 0.717) is 21.5 Å². The van der Waals surface area contributed by atoms with Gasteiger partial charge in [-0.2, -0.15) is 9.97 Å². The molecule has 4 aromatic rings. The molecule has 0 unspecified atom stereocenters. The van der Waals surface area contributed by atoms with Crippen molar-refractivity contribution >= 4 is 46.8 Å². The van der Waals surface area contributed by atoms with Crippen molar-refractivity contribution in [2.75, 3.05) is 38.1 Å². The summed E-state index contributed by atoms with van der Waals surface area (Å²) < 4.78 is 26.5. The Labute approximate surface area is 269 Å². The quantitative estimate of drug-likeness (QED) is 0.153. The number of hydrogen-bond acceptors (Lipinski definition) is 13. The van der Waals surface area contributed by atoms with Crippen LogP contribution in [0, 0.1) is 0 Å². The van der Waals surface area contributed by atoms with Crippen LogP contribution < -0.4 is 24.8 Å². The average Bonchev–Trinajstić information content (AvgIpc) is 3.03. The lowest BCUT2D eigenvalue weighted by Gasteiger charge is -2.14. The van der Waals surface area contributed by atoms with Crippen LogP contribution in [0.4, 0.5) is 11.6 Å². The maximum absolute atomic E-state index is 12.6. The topological polar surface area (TPSA) is 156 Å². The smallest absolute Gasteiger partial charge is 0.343 e. The fraction of sp³-hybridized carbons (Fsp3) is 0.267. The molecule has 0 amide bonds. The molecule has 4 rings (SSSR count). The van der Waals surface area contributed by atoms with Crippen molar-refractivity contribution in [1.82, 2.24) is 19.9 Å². The lowest BCUT2D eigenvalue weighted by Crippen LogP contribution is -2.14. The number of nitrogens with one attached hydrogen (secondary N) is 2. The van der Waals surface area contributed by atoms with Crippen LogP contribution in [0.15, 0.2) is 48.8 Å². The molecule has 2 aromatic heterocycles. The van der Waals surface area contributed by atoms with Gasteiger partial charge >= 0.3 is 24.0 Å². The van der Waals surface area contributed by atoms with Crippen LogP contribution in [0.1, 0.15) is 45.7 Å². The molecule has 0 aliphatic heterocycles. The van der Waals surface area contributed by atoms with Gasteiger partial charge in [-0.05, 0) is 49.2 Å². The van der Waals surface area contributed by atoms with E-state index < -0.39 is 11.9 Å². The number of hydrogen-bond donors (Lipinski definition) is 2. The lowest BCUT2D eigenvalue weighted by atomic mass is 10.2. The van der Waals surface area contributed by atoms with Crippen molar-refractivity contribution in [3.05, 3.63) is 81.1 Å². The first-order chi connectivity index (χ1) is 21.8. The van der Waals surface area contributed by atoms with Gasteiger partial charge in [0.05, 0.1) is 49.9 Å². The minimum Gasteiger partial charge on any atom is -0.495 e. The molecule has 15 heteroatoms. The van der Waals surface area contributed by atoms with E-state index in [4.69, 9.17) is 46.9 Å². The van der Waals surface area contributed by atoms with E-state index >= 15 is 0 Å². The Morgan fingerprint density at radius 2 is 1.13 bits per heavy atom. The second-order valence-corrected chi connectivity index (χ2v) is 9.83. The Kier molecular flexibility index (Phi) is 11.5. The zero-order valence-electron chi connectivity index (χ0n) is 24.8. The molecular weight excluding hydrogens is 627 g/mol. The number of halogens is 2.